The Hall–Kier alpha value is -1.75. The van der Waals surface area contributed by atoms with Crippen molar-refractivity contribution in [2.75, 3.05) is 33.4 Å². The van der Waals surface area contributed by atoms with E-state index < -0.39 is 0 Å². The van der Waals surface area contributed by atoms with Crippen molar-refractivity contribution in [1.82, 2.24) is 4.90 Å². The van der Waals surface area contributed by atoms with Crippen LogP contribution < -0.4 is 9.47 Å². The molecule has 5 heteroatoms. The minimum Gasteiger partial charge on any atom is -0.493 e. The van der Waals surface area contributed by atoms with Crippen LogP contribution in [0, 0.1) is 0 Å². The lowest BCUT2D eigenvalue weighted by Gasteiger charge is -2.20. The van der Waals surface area contributed by atoms with Crippen LogP contribution in [0.2, 0.25) is 0 Å². The van der Waals surface area contributed by atoms with E-state index in [9.17, 15) is 4.79 Å². The third kappa shape index (κ3) is 4.93. The van der Waals surface area contributed by atoms with Crippen molar-refractivity contribution in [3.63, 3.8) is 0 Å². The van der Waals surface area contributed by atoms with Crippen molar-refractivity contribution >= 4 is 5.91 Å². The zero-order valence-electron chi connectivity index (χ0n) is 13.1. The zero-order chi connectivity index (χ0) is 15.7. The summed E-state index contributed by atoms with van der Waals surface area (Å²) in [7, 11) is 1.56. The third-order valence-electron chi connectivity index (χ3n) is 3.20. The maximum Gasteiger partial charge on any atom is 0.254 e. The number of ether oxygens (including phenoxy) is 2. The molecule has 5 nitrogen and oxygen atoms in total. The molecule has 1 aromatic carbocycles. The highest BCUT2D eigenvalue weighted by molar-refractivity contribution is 5.94. The molecule has 1 rings (SSSR count). The highest BCUT2D eigenvalue weighted by atomic mass is 16.5. The first-order chi connectivity index (χ1) is 10.2. The van der Waals surface area contributed by atoms with Crippen LogP contribution in [0.1, 0.15) is 37.0 Å². The number of hydrogen-bond acceptors (Lipinski definition) is 4. The summed E-state index contributed by atoms with van der Waals surface area (Å²) in [6.45, 7) is 5.44. The number of carbonyl (C=O) groups excluding carboxylic acids is 1. The van der Waals surface area contributed by atoms with Gasteiger partial charge in [-0.1, -0.05) is 13.3 Å². The predicted molar refractivity (Wildman–Crippen MR) is 82.1 cm³/mol. The maximum absolute atomic E-state index is 12.3. The molecule has 118 valence electrons. The van der Waals surface area contributed by atoms with Crippen LogP contribution in [0.4, 0.5) is 0 Å². The molecule has 0 unspecified atom stereocenters. The zero-order valence-corrected chi connectivity index (χ0v) is 13.1. The summed E-state index contributed by atoms with van der Waals surface area (Å²) >= 11 is 0. The van der Waals surface area contributed by atoms with Gasteiger partial charge in [-0.25, -0.2) is 0 Å². The molecule has 1 N–H and O–H groups in total. The van der Waals surface area contributed by atoms with E-state index in [2.05, 4.69) is 6.92 Å². The fourth-order valence-corrected chi connectivity index (χ4v) is 1.95. The Kier molecular flexibility index (Phi) is 7.61. The number of methoxy groups -OCH3 is 1. The largest absolute Gasteiger partial charge is 0.493 e. The quantitative estimate of drug-likeness (QED) is 0.710. The van der Waals surface area contributed by atoms with E-state index in [-0.39, 0.29) is 12.5 Å². The van der Waals surface area contributed by atoms with Crippen molar-refractivity contribution < 1.29 is 19.4 Å². The third-order valence-corrected chi connectivity index (χ3v) is 3.20. The van der Waals surface area contributed by atoms with Gasteiger partial charge in [-0.05, 0) is 31.5 Å². The first-order valence-electron chi connectivity index (χ1n) is 7.38. The van der Waals surface area contributed by atoms with Crippen LogP contribution in [-0.4, -0.2) is 49.3 Å². The SMILES string of the molecule is CCCCOc1ccc(C(=O)N(CC)CCO)cc1OC. The molecular weight excluding hydrogens is 270 g/mol. The second-order valence-electron chi connectivity index (χ2n) is 4.68. The smallest absolute Gasteiger partial charge is 0.254 e. The van der Waals surface area contributed by atoms with Crippen LogP contribution in [-0.2, 0) is 0 Å². The number of benzene rings is 1. The maximum atomic E-state index is 12.3. The molecule has 0 spiro atoms. The molecule has 1 amide bonds. The van der Waals surface area contributed by atoms with E-state index in [1.807, 2.05) is 6.92 Å². The first-order valence-corrected chi connectivity index (χ1v) is 7.38. The van der Waals surface area contributed by atoms with Gasteiger partial charge in [0.2, 0.25) is 0 Å². The van der Waals surface area contributed by atoms with Crippen LogP contribution in [0.25, 0.3) is 0 Å². The van der Waals surface area contributed by atoms with E-state index in [4.69, 9.17) is 14.6 Å². The fourth-order valence-electron chi connectivity index (χ4n) is 1.95. The van der Waals surface area contributed by atoms with E-state index in [1.54, 1.807) is 30.2 Å². The van der Waals surface area contributed by atoms with E-state index in [0.29, 0.717) is 36.8 Å². The lowest BCUT2D eigenvalue weighted by molar-refractivity contribution is 0.0731. The van der Waals surface area contributed by atoms with Gasteiger partial charge >= 0.3 is 0 Å². The molecule has 0 atom stereocenters. The number of likely N-dealkylation sites (N-methyl/N-ethyl adjacent to an activating group) is 1. The first kappa shape index (κ1) is 17.3. The van der Waals surface area contributed by atoms with Crippen LogP contribution in [0.3, 0.4) is 0 Å². The Bertz CT molecular complexity index is 448. The number of unbranched alkanes of at least 4 members (excludes halogenated alkanes) is 1. The van der Waals surface area contributed by atoms with Gasteiger partial charge in [0.25, 0.3) is 5.91 Å². The van der Waals surface area contributed by atoms with E-state index in [0.717, 1.165) is 12.8 Å². The molecule has 0 aromatic heterocycles. The minimum atomic E-state index is -0.120. The van der Waals surface area contributed by atoms with Gasteiger partial charge < -0.3 is 19.5 Å². The number of nitrogens with zero attached hydrogens (tertiary/aromatic N) is 1. The van der Waals surface area contributed by atoms with Crippen molar-refractivity contribution in [1.29, 1.82) is 0 Å². The van der Waals surface area contributed by atoms with Crippen molar-refractivity contribution in [3.8, 4) is 11.5 Å². The van der Waals surface area contributed by atoms with Gasteiger partial charge in [-0.2, -0.15) is 0 Å². The number of aliphatic hydroxyl groups excluding tert-OH is 1. The van der Waals surface area contributed by atoms with Gasteiger partial charge in [-0.15, -0.1) is 0 Å². The Morgan fingerprint density at radius 3 is 2.62 bits per heavy atom. The number of hydrogen-bond donors (Lipinski definition) is 1. The molecule has 21 heavy (non-hydrogen) atoms. The summed E-state index contributed by atoms with van der Waals surface area (Å²) in [6, 6.07) is 5.17. The summed E-state index contributed by atoms with van der Waals surface area (Å²) in [6.07, 6.45) is 2.04. The Morgan fingerprint density at radius 2 is 2.05 bits per heavy atom. The number of rotatable bonds is 9. The Balaban J connectivity index is 2.87. The highest BCUT2D eigenvalue weighted by Gasteiger charge is 2.16. The summed E-state index contributed by atoms with van der Waals surface area (Å²) in [5.41, 5.74) is 0.532. The molecule has 0 heterocycles. The van der Waals surface area contributed by atoms with Crippen molar-refractivity contribution in [2.45, 2.75) is 26.7 Å². The van der Waals surface area contributed by atoms with Crippen molar-refractivity contribution in [2.24, 2.45) is 0 Å². The molecule has 1 aromatic rings. The molecule has 0 bridgehead atoms. The molecule has 0 saturated heterocycles. The lowest BCUT2D eigenvalue weighted by Crippen LogP contribution is -2.33. The molecule has 0 saturated carbocycles. The lowest BCUT2D eigenvalue weighted by atomic mass is 10.1. The second-order valence-corrected chi connectivity index (χ2v) is 4.68. The van der Waals surface area contributed by atoms with Gasteiger partial charge in [0.1, 0.15) is 0 Å². The number of carbonyl (C=O) groups is 1. The van der Waals surface area contributed by atoms with Gasteiger partial charge in [-0.3, -0.25) is 4.79 Å². The predicted octanol–water partition coefficient (Wildman–Crippen LogP) is 2.33. The second kappa shape index (κ2) is 9.23. The number of aliphatic hydroxyl groups is 1. The summed E-state index contributed by atoms with van der Waals surface area (Å²) in [5, 5.41) is 8.99. The van der Waals surface area contributed by atoms with Crippen LogP contribution in [0.15, 0.2) is 18.2 Å². The van der Waals surface area contributed by atoms with E-state index >= 15 is 0 Å². The van der Waals surface area contributed by atoms with Gasteiger partial charge in [0.05, 0.1) is 20.3 Å². The molecule has 0 aliphatic heterocycles. The van der Waals surface area contributed by atoms with Crippen LogP contribution in [0.5, 0.6) is 11.5 Å². The normalized spacial score (nSPS) is 10.3. The Labute approximate surface area is 126 Å². The summed E-state index contributed by atoms with van der Waals surface area (Å²) < 4.78 is 10.9. The standard InChI is InChI=1S/C16H25NO4/c1-4-6-11-21-14-8-7-13(12-15(14)20-3)16(19)17(5-2)9-10-18/h7-8,12,18H,4-6,9-11H2,1-3H3. The Morgan fingerprint density at radius 1 is 1.29 bits per heavy atom. The topological polar surface area (TPSA) is 59.0 Å². The summed E-state index contributed by atoms with van der Waals surface area (Å²) in [4.78, 5) is 13.9. The monoisotopic (exact) mass is 295 g/mol. The van der Waals surface area contributed by atoms with Crippen LogP contribution >= 0.6 is 0 Å². The van der Waals surface area contributed by atoms with Gasteiger partial charge in [0, 0.05) is 18.7 Å². The van der Waals surface area contributed by atoms with E-state index in [1.165, 1.54) is 0 Å². The fraction of sp³-hybridized carbons (Fsp3) is 0.562. The molecule has 0 aliphatic carbocycles. The molecular formula is C16H25NO4. The highest BCUT2D eigenvalue weighted by Crippen LogP contribution is 2.28. The van der Waals surface area contributed by atoms with Gasteiger partial charge in [0.15, 0.2) is 11.5 Å². The number of amides is 1. The minimum absolute atomic E-state index is 0.0467. The molecule has 0 radical (unpaired) electrons. The summed E-state index contributed by atoms with van der Waals surface area (Å²) in [5.74, 6) is 1.08. The average molecular weight is 295 g/mol. The molecule has 0 fully saturated rings. The average Bonchev–Trinajstić information content (AvgIpc) is 2.52. The van der Waals surface area contributed by atoms with Crippen molar-refractivity contribution in [3.05, 3.63) is 23.8 Å². The molecule has 0 aliphatic rings.